The average molecular weight is 411 g/mol. The zero-order valence-corrected chi connectivity index (χ0v) is 16.8. The van der Waals surface area contributed by atoms with Gasteiger partial charge in [0.05, 0.1) is 32.2 Å². The Morgan fingerprint density at radius 1 is 1.36 bits per heavy atom. The van der Waals surface area contributed by atoms with E-state index in [2.05, 4.69) is 27.4 Å². The van der Waals surface area contributed by atoms with Crippen LogP contribution in [0.3, 0.4) is 0 Å². The van der Waals surface area contributed by atoms with Crippen molar-refractivity contribution in [3.05, 3.63) is 51.4 Å². The molecule has 0 aromatic carbocycles. The number of pyridine rings is 1. The van der Waals surface area contributed by atoms with Crippen molar-refractivity contribution >= 4 is 39.7 Å². The van der Waals surface area contributed by atoms with E-state index in [1.807, 2.05) is 29.0 Å². The van der Waals surface area contributed by atoms with Crippen molar-refractivity contribution in [3.63, 3.8) is 0 Å². The number of rotatable bonds is 6. The van der Waals surface area contributed by atoms with Crippen LogP contribution in [0, 0.1) is 0 Å². The molecule has 142 valence electrons. The van der Waals surface area contributed by atoms with Gasteiger partial charge in [-0.15, -0.1) is 22.7 Å². The summed E-state index contributed by atoms with van der Waals surface area (Å²) in [4.78, 5) is 23.1. The van der Waals surface area contributed by atoms with Crippen LogP contribution in [0.25, 0.3) is 21.7 Å². The molecule has 1 N–H and O–H groups in total. The van der Waals surface area contributed by atoms with Crippen LogP contribution in [0.5, 0.6) is 0 Å². The summed E-state index contributed by atoms with van der Waals surface area (Å²) < 4.78 is 5.52. The number of fused-ring (bicyclic) bond motifs is 1. The smallest absolute Gasteiger partial charge is 0.259 e. The van der Waals surface area contributed by atoms with Crippen LogP contribution in [0.15, 0.2) is 39.7 Å². The number of carbonyl (C=O) groups excluding carboxylic acids is 1. The second kappa shape index (κ2) is 7.10. The monoisotopic (exact) mass is 410 g/mol. The van der Waals surface area contributed by atoms with E-state index < -0.39 is 0 Å². The van der Waals surface area contributed by atoms with Crippen LogP contribution in [0.4, 0.5) is 0 Å². The van der Waals surface area contributed by atoms with Gasteiger partial charge in [-0.05, 0) is 30.4 Å². The molecule has 8 heteroatoms. The minimum Gasteiger partial charge on any atom is -0.351 e. The average Bonchev–Trinajstić information content (AvgIpc) is 3.16. The molecule has 0 spiro atoms. The Labute approximate surface area is 169 Å². The molecule has 4 heterocycles. The molecule has 0 bridgehead atoms. The van der Waals surface area contributed by atoms with E-state index in [0.717, 1.165) is 39.5 Å². The third kappa shape index (κ3) is 3.22. The number of amides is 1. The molecule has 4 aromatic heterocycles. The van der Waals surface area contributed by atoms with Crippen molar-refractivity contribution in [2.45, 2.75) is 31.6 Å². The SMILES string of the molecule is CC(CNC(=O)c1cc(-c2cccs2)nc2onc(C3CC3)c12)c1nccs1. The molecule has 1 aliphatic rings. The number of aromatic nitrogens is 3. The lowest BCUT2D eigenvalue weighted by Gasteiger charge is -2.11. The maximum atomic E-state index is 13.1. The van der Waals surface area contributed by atoms with Crippen LogP contribution in [0.2, 0.25) is 0 Å². The maximum Gasteiger partial charge on any atom is 0.259 e. The Morgan fingerprint density at radius 2 is 2.25 bits per heavy atom. The maximum absolute atomic E-state index is 13.1. The predicted molar refractivity (Wildman–Crippen MR) is 110 cm³/mol. The van der Waals surface area contributed by atoms with Gasteiger partial charge in [0.15, 0.2) is 0 Å². The standard InChI is InChI=1S/C20H18N4O2S2/c1-11(20-21-6-8-28-20)10-22-18(25)13-9-14(15-3-2-7-27-15)23-19-16(13)17(24-26-19)12-4-5-12/h2-3,6-9,11-12H,4-5,10H2,1H3,(H,22,25). The fourth-order valence-electron chi connectivity index (χ4n) is 3.24. The second-order valence-electron chi connectivity index (χ2n) is 7.04. The van der Waals surface area contributed by atoms with Gasteiger partial charge in [0, 0.05) is 30.0 Å². The molecule has 1 saturated carbocycles. The summed E-state index contributed by atoms with van der Waals surface area (Å²) >= 11 is 3.19. The van der Waals surface area contributed by atoms with Gasteiger partial charge in [0.2, 0.25) is 0 Å². The third-order valence-electron chi connectivity index (χ3n) is 4.90. The molecule has 0 radical (unpaired) electrons. The summed E-state index contributed by atoms with van der Waals surface area (Å²) in [6.07, 6.45) is 3.95. The Bertz CT molecular complexity index is 1110. The second-order valence-corrected chi connectivity index (χ2v) is 8.91. The topological polar surface area (TPSA) is 80.9 Å². The van der Waals surface area contributed by atoms with Gasteiger partial charge in [-0.2, -0.15) is 0 Å². The predicted octanol–water partition coefficient (Wildman–Crippen LogP) is 4.82. The molecule has 5 rings (SSSR count). The zero-order valence-electron chi connectivity index (χ0n) is 15.2. The van der Waals surface area contributed by atoms with Gasteiger partial charge < -0.3 is 9.84 Å². The molecule has 1 aliphatic carbocycles. The lowest BCUT2D eigenvalue weighted by Crippen LogP contribution is -2.27. The molecule has 0 saturated heterocycles. The van der Waals surface area contributed by atoms with Crippen LogP contribution in [-0.4, -0.2) is 27.6 Å². The highest BCUT2D eigenvalue weighted by Crippen LogP contribution is 2.43. The summed E-state index contributed by atoms with van der Waals surface area (Å²) in [7, 11) is 0. The van der Waals surface area contributed by atoms with Gasteiger partial charge in [-0.25, -0.2) is 9.97 Å². The number of thiazole rings is 1. The number of thiophene rings is 1. The van der Waals surface area contributed by atoms with Gasteiger partial charge in [0.25, 0.3) is 11.6 Å². The van der Waals surface area contributed by atoms with Crippen molar-refractivity contribution in [1.82, 2.24) is 20.4 Å². The van der Waals surface area contributed by atoms with Gasteiger partial charge in [-0.3, -0.25) is 4.79 Å². The van der Waals surface area contributed by atoms with Crippen LogP contribution >= 0.6 is 22.7 Å². The van der Waals surface area contributed by atoms with Crippen LogP contribution < -0.4 is 5.32 Å². The van der Waals surface area contributed by atoms with Gasteiger partial charge >= 0.3 is 0 Å². The molecular weight excluding hydrogens is 392 g/mol. The van der Waals surface area contributed by atoms with E-state index in [9.17, 15) is 4.79 Å². The number of hydrogen-bond donors (Lipinski definition) is 1. The van der Waals surface area contributed by atoms with E-state index in [-0.39, 0.29) is 11.8 Å². The Kier molecular flexibility index (Phi) is 4.44. The zero-order chi connectivity index (χ0) is 19.1. The highest BCUT2D eigenvalue weighted by atomic mass is 32.1. The summed E-state index contributed by atoms with van der Waals surface area (Å²) in [6.45, 7) is 2.59. The Morgan fingerprint density at radius 3 is 2.96 bits per heavy atom. The fourth-order valence-corrected chi connectivity index (χ4v) is 4.63. The normalized spacial score (nSPS) is 15.0. The van der Waals surface area contributed by atoms with E-state index in [1.54, 1.807) is 28.9 Å². The lowest BCUT2D eigenvalue weighted by atomic mass is 10.1. The largest absolute Gasteiger partial charge is 0.351 e. The first-order valence-electron chi connectivity index (χ1n) is 9.22. The van der Waals surface area contributed by atoms with Crippen molar-refractivity contribution < 1.29 is 9.32 Å². The van der Waals surface area contributed by atoms with E-state index in [0.29, 0.717) is 23.7 Å². The highest BCUT2D eigenvalue weighted by molar-refractivity contribution is 7.13. The summed E-state index contributed by atoms with van der Waals surface area (Å²) in [5.74, 6) is 0.401. The molecule has 4 aromatic rings. The number of nitrogens with zero attached hydrogens (tertiary/aromatic N) is 3. The first kappa shape index (κ1) is 17.5. The molecule has 1 amide bonds. The first-order chi connectivity index (χ1) is 13.7. The van der Waals surface area contributed by atoms with Crippen molar-refractivity contribution in [2.75, 3.05) is 6.54 Å². The van der Waals surface area contributed by atoms with E-state index in [4.69, 9.17) is 4.52 Å². The van der Waals surface area contributed by atoms with E-state index in [1.165, 1.54) is 0 Å². The molecule has 6 nitrogen and oxygen atoms in total. The molecule has 28 heavy (non-hydrogen) atoms. The summed E-state index contributed by atoms with van der Waals surface area (Å²) in [5.41, 5.74) is 2.62. The minimum atomic E-state index is -0.126. The highest BCUT2D eigenvalue weighted by Gasteiger charge is 2.32. The molecule has 0 aliphatic heterocycles. The summed E-state index contributed by atoms with van der Waals surface area (Å²) in [5, 5.41) is 13.0. The van der Waals surface area contributed by atoms with Crippen LogP contribution in [0.1, 0.15) is 52.7 Å². The molecule has 1 unspecified atom stereocenters. The quantitative estimate of drug-likeness (QED) is 0.493. The van der Waals surface area contributed by atoms with Gasteiger partial charge in [0.1, 0.15) is 0 Å². The van der Waals surface area contributed by atoms with Crippen molar-refractivity contribution in [1.29, 1.82) is 0 Å². The lowest BCUT2D eigenvalue weighted by molar-refractivity contribution is 0.0953. The molecule has 1 atom stereocenters. The van der Waals surface area contributed by atoms with E-state index >= 15 is 0 Å². The summed E-state index contributed by atoms with van der Waals surface area (Å²) in [6, 6.07) is 5.82. The fraction of sp³-hybridized carbons (Fsp3) is 0.300. The third-order valence-corrected chi connectivity index (χ3v) is 6.80. The van der Waals surface area contributed by atoms with Crippen LogP contribution in [-0.2, 0) is 0 Å². The number of carbonyl (C=O) groups is 1. The van der Waals surface area contributed by atoms with Gasteiger partial charge in [-0.1, -0.05) is 18.1 Å². The Balaban J connectivity index is 1.50. The Hall–Kier alpha value is -2.58. The minimum absolute atomic E-state index is 0.126. The number of hydrogen-bond acceptors (Lipinski definition) is 7. The molecule has 1 fully saturated rings. The number of nitrogens with one attached hydrogen (secondary N) is 1. The first-order valence-corrected chi connectivity index (χ1v) is 11.0. The van der Waals surface area contributed by atoms with Crippen molar-refractivity contribution in [3.8, 4) is 10.6 Å². The molecular formula is C20H18N4O2S2. The van der Waals surface area contributed by atoms with Crippen molar-refractivity contribution in [2.24, 2.45) is 0 Å².